The summed E-state index contributed by atoms with van der Waals surface area (Å²) in [4.78, 5) is -0.558. The molecule has 6 heteroatoms. The predicted molar refractivity (Wildman–Crippen MR) is 75.4 cm³/mol. The summed E-state index contributed by atoms with van der Waals surface area (Å²) >= 11 is 0. The molecule has 0 bridgehead atoms. The topological polar surface area (TPSA) is 46.2 Å². The lowest BCUT2D eigenvalue weighted by molar-refractivity contribution is 0.496. The van der Waals surface area contributed by atoms with Crippen molar-refractivity contribution in [2.24, 2.45) is 0 Å². The van der Waals surface area contributed by atoms with Gasteiger partial charge in [0.1, 0.15) is 16.5 Å². The van der Waals surface area contributed by atoms with Crippen LogP contribution in [0.4, 0.5) is 8.78 Å². The van der Waals surface area contributed by atoms with Gasteiger partial charge >= 0.3 is 0 Å². The van der Waals surface area contributed by atoms with E-state index in [1.807, 2.05) is 13.8 Å². The second-order valence-electron chi connectivity index (χ2n) is 4.80. The summed E-state index contributed by atoms with van der Waals surface area (Å²) in [6, 6.07) is 2.25. The van der Waals surface area contributed by atoms with Crippen LogP contribution in [0.1, 0.15) is 33.1 Å². The number of rotatable bonds is 8. The van der Waals surface area contributed by atoms with Gasteiger partial charge in [0.25, 0.3) is 0 Å². The van der Waals surface area contributed by atoms with E-state index in [9.17, 15) is 17.2 Å². The Hall–Kier alpha value is -1.01. The van der Waals surface area contributed by atoms with Crippen molar-refractivity contribution in [3.05, 3.63) is 29.8 Å². The molecule has 0 aliphatic heterocycles. The van der Waals surface area contributed by atoms with Gasteiger partial charge in [-0.2, -0.15) is 0 Å². The third-order valence-electron chi connectivity index (χ3n) is 2.97. The number of benzene rings is 1. The molecule has 0 saturated carbocycles. The van der Waals surface area contributed by atoms with Gasteiger partial charge in [-0.1, -0.05) is 20.3 Å². The summed E-state index contributed by atoms with van der Waals surface area (Å²) in [6.07, 6.45) is 2.38. The van der Waals surface area contributed by atoms with Gasteiger partial charge < -0.3 is 5.32 Å². The van der Waals surface area contributed by atoms with Crippen LogP contribution in [-0.2, 0) is 9.84 Å². The quantitative estimate of drug-likeness (QED) is 0.803. The molecule has 0 fully saturated rings. The fourth-order valence-corrected chi connectivity index (χ4v) is 3.66. The molecular formula is C14H21F2NO2S. The summed E-state index contributed by atoms with van der Waals surface area (Å²) in [5.41, 5.74) is 0. The fraction of sp³-hybridized carbons (Fsp3) is 0.571. The highest BCUT2D eigenvalue weighted by Crippen LogP contribution is 2.19. The predicted octanol–water partition coefficient (Wildman–Crippen LogP) is 2.91. The molecule has 1 aromatic rings. The standard InChI is InChI=1S/C14H21F2NO2S/c1-3-5-12(17-8-4-2)10-20(18,19)14-9-11(15)6-7-13(14)16/h6-7,9,12,17H,3-5,8,10H2,1-2H3. The van der Waals surface area contributed by atoms with Gasteiger partial charge in [-0.05, 0) is 37.6 Å². The van der Waals surface area contributed by atoms with E-state index in [1.165, 1.54) is 0 Å². The van der Waals surface area contributed by atoms with Gasteiger partial charge in [0.15, 0.2) is 9.84 Å². The lowest BCUT2D eigenvalue weighted by Crippen LogP contribution is -2.36. The first-order valence-electron chi connectivity index (χ1n) is 6.82. The Morgan fingerprint density at radius 2 is 1.90 bits per heavy atom. The molecular weight excluding hydrogens is 284 g/mol. The van der Waals surface area contributed by atoms with Crippen molar-refractivity contribution in [2.45, 2.75) is 44.0 Å². The molecule has 0 amide bonds. The maximum atomic E-state index is 13.6. The lowest BCUT2D eigenvalue weighted by atomic mass is 10.2. The third-order valence-corrected chi connectivity index (χ3v) is 4.79. The SMILES string of the molecule is CCCNC(CCC)CS(=O)(=O)c1cc(F)ccc1F. The van der Waals surface area contributed by atoms with Gasteiger partial charge in [-0.25, -0.2) is 17.2 Å². The average Bonchev–Trinajstić information content (AvgIpc) is 2.38. The van der Waals surface area contributed by atoms with Crippen LogP contribution in [0.25, 0.3) is 0 Å². The normalized spacial score (nSPS) is 13.4. The van der Waals surface area contributed by atoms with Crippen LogP contribution in [0.15, 0.2) is 23.1 Å². The number of sulfone groups is 1. The monoisotopic (exact) mass is 305 g/mol. The van der Waals surface area contributed by atoms with Gasteiger partial charge in [0.2, 0.25) is 0 Å². The van der Waals surface area contributed by atoms with E-state index < -0.39 is 26.4 Å². The van der Waals surface area contributed by atoms with E-state index in [0.29, 0.717) is 13.0 Å². The molecule has 3 nitrogen and oxygen atoms in total. The van der Waals surface area contributed by atoms with Crippen molar-refractivity contribution in [3.8, 4) is 0 Å². The van der Waals surface area contributed by atoms with E-state index in [0.717, 1.165) is 31.0 Å². The number of hydrogen-bond acceptors (Lipinski definition) is 3. The van der Waals surface area contributed by atoms with Crippen LogP contribution < -0.4 is 5.32 Å². The van der Waals surface area contributed by atoms with Crippen molar-refractivity contribution in [3.63, 3.8) is 0 Å². The Morgan fingerprint density at radius 3 is 2.50 bits per heavy atom. The van der Waals surface area contributed by atoms with E-state index in [4.69, 9.17) is 0 Å². The Labute approximate surface area is 119 Å². The lowest BCUT2D eigenvalue weighted by Gasteiger charge is -2.18. The first-order valence-corrected chi connectivity index (χ1v) is 8.47. The zero-order valence-corrected chi connectivity index (χ0v) is 12.6. The highest BCUT2D eigenvalue weighted by atomic mass is 32.2. The maximum Gasteiger partial charge on any atom is 0.182 e. The molecule has 0 aromatic heterocycles. The summed E-state index contributed by atoms with van der Waals surface area (Å²) in [7, 11) is -3.84. The van der Waals surface area contributed by atoms with E-state index >= 15 is 0 Å². The molecule has 1 atom stereocenters. The van der Waals surface area contributed by atoms with E-state index in [-0.39, 0.29) is 11.8 Å². The van der Waals surface area contributed by atoms with E-state index in [2.05, 4.69) is 5.32 Å². The maximum absolute atomic E-state index is 13.6. The van der Waals surface area contributed by atoms with Gasteiger partial charge in [-0.3, -0.25) is 0 Å². The zero-order chi connectivity index (χ0) is 15.2. The molecule has 1 unspecified atom stereocenters. The Morgan fingerprint density at radius 1 is 1.20 bits per heavy atom. The number of hydrogen-bond donors (Lipinski definition) is 1. The Balaban J connectivity index is 2.93. The second-order valence-corrected chi connectivity index (χ2v) is 6.80. The minimum absolute atomic E-state index is 0.221. The highest BCUT2D eigenvalue weighted by Gasteiger charge is 2.24. The van der Waals surface area contributed by atoms with Gasteiger partial charge in [-0.15, -0.1) is 0 Å². The van der Waals surface area contributed by atoms with Crippen molar-refractivity contribution in [2.75, 3.05) is 12.3 Å². The molecule has 1 N–H and O–H groups in total. The molecule has 20 heavy (non-hydrogen) atoms. The number of halogens is 2. The molecule has 0 saturated heterocycles. The van der Waals surface area contributed by atoms with Crippen LogP contribution in [0.2, 0.25) is 0 Å². The third kappa shape index (κ3) is 4.83. The Kier molecular flexibility index (Phi) is 6.55. The fourth-order valence-electron chi connectivity index (χ4n) is 2.01. The molecule has 0 spiro atoms. The smallest absolute Gasteiger partial charge is 0.182 e. The van der Waals surface area contributed by atoms with Crippen molar-refractivity contribution in [1.29, 1.82) is 0 Å². The summed E-state index contributed by atoms with van der Waals surface area (Å²) in [5.74, 6) is -1.88. The molecule has 114 valence electrons. The van der Waals surface area contributed by atoms with Crippen LogP contribution >= 0.6 is 0 Å². The summed E-state index contributed by atoms with van der Waals surface area (Å²) in [5, 5.41) is 3.13. The molecule has 0 heterocycles. The zero-order valence-electron chi connectivity index (χ0n) is 11.8. The number of nitrogens with one attached hydrogen (secondary N) is 1. The minimum atomic E-state index is -3.84. The van der Waals surface area contributed by atoms with Crippen LogP contribution in [-0.4, -0.2) is 26.8 Å². The molecule has 1 aromatic carbocycles. The summed E-state index contributed by atoms with van der Waals surface area (Å²) < 4.78 is 51.1. The van der Waals surface area contributed by atoms with Crippen molar-refractivity contribution < 1.29 is 17.2 Å². The van der Waals surface area contributed by atoms with Crippen LogP contribution in [0, 0.1) is 11.6 Å². The van der Waals surface area contributed by atoms with Gasteiger partial charge in [0, 0.05) is 6.04 Å². The molecule has 1 rings (SSSR count). The Bertz CT molecular complexity index is 532. The summed E-state index contributed by atoms with van der Waals surface area (Å²) in [6.45, 7) is 4.64. The van der Waals surface area contributed by atoms with E-state index in [1.54, 1.807) is 0 Å². The molecule has 0 aliphatic rings. The second kappa shape index (κ2) is 7.69. The first kappa shape index (κ1) is 17.0. The van der Waals surface area contributed by atoms with Crippen LogP contribution in [0.5, 0.6) is 0 Å². The van der Waals surface area contributed by atoms with Crippen molar-refractivity contribution in [1.82, 2.24) is 5.32 Å². The molecule has 0 aliphatic carbocycles. The highest BCUT2D eigenvalue weighted by molar-refractivity contribution is 7.91. The average molecular weight is 305 g/mol. The van der Waals surface area contributed by atoms with Crippen molar-refractivity contribution >= 4 is 9.84 Å². The first-order chi connectivity index (χ1) is 9.40. The minimum Gasteiger partial charge on any atom is -0.313 e. The molecule has 0 radical (unpaired) electrons. The van der Waals surface area contributed by atoms with Crippen LogP contribution in [0.3, 0.4) is 0 Å². The van der Waals surface area contributed by atoms with Gasteiger partial charge in [0.05, 0.1) is 5.75 Å². The largest absolute Gasteiger partial charge is 0.313 e.